The second-order valence-corrected chi connectivity index (χ2v) is 11.2. The van der Waals surface area contributed by atoms with Gasteiger partial charge in [-0.25, -0.2) is 8.42 Å². The van der Waals surface area contributed by atoms with Gasteiger partial charge in [0.2, 0.25) is 15.9 Å². The molecule has 1 amide bonds. The molecule has 3 rings (SSSR count). The van der Waals surface area contributed by atoms with Gasteiger partial charge in [0.15, 0.2) is 0 Å². The quantitative estimate of drug-likeness (QED) is 0.447. The molecule has 0 aromatic heterocycles. The topological polar surface area (TPSA) is 69.7 Å². The summed E-state index contributed by atoms with van der Waals surface area (Å²) in [5, 5.41) is 2.94. The molecule has 1 aromatic rings. The first-order valence-electron chi connectivity index (χ1n) is 12.2. The van der Waals surface area contributed by atoms with Gasteiger partial charge in [-0.05, 0) is 87.8 Å². The van der Waals surface area contributed by atoms with Crippen LogP contribution in [0.3, 0.4) is 0 Å². The van der Waals surface area contributed by atoms with Crippen LogP contribution in [0.5, 0.6) is 0 Å². The third kappa shape index (κ3) is 7.71. The van der Waals surface area contributed by atoms with Crippen molar-refractivity contribution in [3.8, 4) is 0 Å². The van der Waals surface area contributed by atoms with Crippen molar-refractivity contribution in [2.75, 3.05) is 39.3 Å². The molecule has 2 saturated heterocycles. The Hall–Kier alpha value is -1.70. The number of nitrogens with zero attached hydrogens (tertiary/aromatic N) is 2. The minimum Gasteiger partial charge on any atom is -0.353 e. The fraction of sp³-hybridized carbons (Fsp3) is 0.640. The lowest BCUT2D eigenvalue weighted by atomic mass is 9.99. The summed E-state index contributed by atoms with van der Waals surface area (Å²) in [7, 11) is -3.44. The van der Waals surface area contributed by atoms with E-state index in [1.54, 1.807) is 34.6 Å². The SMILES string of the molecule is CC1CCN(CCCCNC(=O)/C=C/c2ccc(S(=O)(=O)N3CCCCCC3)cc2)CC1. The van der Waals surface area contributed by atoms with Crippen molar-refractivity contribution in [2.24, 2.45) is 5.92 Å². The van der Waals surface area contributed by atoms with Crippen molar-refractivity contribution < 1.29 is 13.2 Å². The summed E-state index contributed by atoms with van der Waals surface area (Å²) in [6, 6.07) is 6.79. The van der Waals surface area contributed by atoms with Crippen molar-refractivity contribution in [3.63, 3.8) is 0 Å². The fourth-order valence-corrected chi connectivity index (χ4v) is 5.89. The third-order valence-electron chi connectivity index (χ3n) is 6.59. The zero-order chi connectivity index (χ0) is 22.8. The number of piperidine rings is 1. The predicted molar refractivity (Wildman–Crippen MR) is 130 cm³/mol. The Balaban J connectivity index is 1.38. The number of unbranched alkanes of at least 4 members (excludes halogenated alkanes) is 1. The highest BCUT2D eigenvalue weighted by Crippen LogP contribution is 2.21. The molecule has 2 aliphatic rings. The molecule has 32 heavy (non-hydrogen) atoms. The lowest BCUT2D eigenvalue weighted by Crippen LogP contribution is -2.34. The number of sulfonamides is 1. The Bertz CT molecular complexity index is 836. The highest BCUT2D eigenvalue weighted by atomic mass is 32.2. The van der Waals surface area contributed by atoms with E-state index in [1.165, 1.54) is 32.0 Å². The number of amides is 1. The van der Waals surface area contributed by atoms with Gasteiger partial charge in [0, 0.05) is 25.7 Å². The number of hydrogen-bond acceptors (Lipinski definition) is 4. The summed E-state index contributed by atoms with van der Waals surface area (Å²) >= 11 is 0. The lowest BCUT2D eigenvalue weighted by molar-refractivity contribution is -0.116. The third-order valence-corrected chi connectivity index (χ3v) is 8.50. The maximum absolute atomic E-state index is 12.8. The maximum atomic E-state index is 12.8. The van der Waals surface area contributed by atoms with Gasteiger partial charge in [0.05, 0.1) is 4.90 Å². The largest absolute Gasteiger partial charge is 0.353 e. The van der Waals surface area contributed by atoms with Gasteiger partial charge < -0.3 is 10.2 Å². The number of rotatable bonds is 9. The van der Waals surface area contributed by atoms with Crippen LogP contribution in [-0.4, -0.2) is 62.8 Å². The van der Waals surface area contributed by atoms with E-state index in [2.05, 4.69) is 17.1 Å². The first-order chi connectivity index (χ1) is 15.4. The van der Waals surface area contributed by atoms with E-state index in [-0.39, 0.29) is 5.91 Å². The molecule has 0 unspecified atom stereocenters. The van der Waals surface area contributed by atoms with Crippen molar-refractivity contribution in [1.29, 1.82) is 0 Å². The van der Waals surface area contributed by atoms with Gasteiger partial charge in [0.25, 0.3) is 0 Å². The van der Waals surface area contributed by atoms with E-state index in [0.29, 0.717) is 24.5 Å². The minimum absolute atomic E-state index is 0.113. The zero-order valence-electron chi connectivity index (χ0n) is 19.5. The second kappa shape index (κ2) is 12.5. The zero-order valence-corrected chi connectivity index (χ0v) is 20.3. The Kier molecular flexibility index (Phi) is 9.75. The van der Waals surface area contributed by atoms with Gasteiger partial charge in [-0.1, -0.05) is 31.9 Å². The van der Waals surface area contributed by atoms with Crippen molar-refractivity contribution >= 4 is 22.0 Å². The molecule has 6 nitrogen and oxygen atoms in total. The molecule has 1 N–H and O–H groups in total. The van der Waals surface area contributed by atoms with Crippen LogP contribution >= 0.6 is 0 Å². The molecular weight excluding hydrogens is 422 g/mol. The molecule has 0 aliphatic carbocycles. The highest BCUT2D eigenvalue weighted by Gasteiger charge is 2.24. The molecule has 2 heterocycles. The summed E-state index contributed by atoms with van der Waals surface area (Å²) in [4.78, 5) is 14.9. The van der Waals surface area contributed by atoms with E-state index in [0.717, 1.165) is 56.6 Å². The number of benzene rings is 1. The normalized spacial score (nSPS) is 19.8. The fourth-order valence-electron chi connectivity index (χ4n) is 4.37. The number of carbonyl (C=O) groups is 1. The lowest BCUT2D eigenvalue weighted by Gasteiger charge is -2.30. The molecule has 0 saturated carbocycles. The van der Waals surface area contributed by atoms with Gasteiger partial charge in [-0.2, -0.15) is 4.31 Å². The van der Waals surface area contributed by atoms with Crippen LogP contribution < -0.4 is 5.32 Å². The van der Waals surface area contributed by atoms with Crippen LogP contribution in [0.1, 0.15) is 63.9 Å². The van der Waals surface area contributed by atoms with Gasteiger partial charge in [0.1, 0.15) is 0 Å². The van der Waals surface area contributed by atoms with E-state index in [1.807, 2.05) is 0 Å². The Morgan fingerprint density at radius 2 is 1.66 bits per heavy atom. The van der Waals surface area contributed by atoms with Crippen molar-refractivity contribution in [1.82, 2.24) is 14.5 Å². The molecule has 178 valence electrons. The minimum atomic E-state index is -3.44. The van der Waals surface area contributed by atoms with Gasteiger partial charge in [-0.3, -0.25) is 4.79 Å². The predicted octanol–water partition coefficient (Wildman–Crippen LogP) is 3.89. The Morgan fingerprint density at radius 3 is 2.31 bits per heavy atom. The van der Waals surface area contributed by atoms with E-state index < -0.39 is 10.0 Å². The molecule has 0 spiro atoms. The molecule has 0 atom stereocenters. The summed E-state index contributed by atoms with van der Waals surface area (Å²) in [6.07, 6.45) is 12.0. The van der Waals surface area contributed by atoms with E-state index >= 15 is 0 Å². The average molecular weight is 462 g/mol. The summed E-state index contributed by atoms with van der Waals surface area (Å²) < 4.78 is 27.3. The highest BCUT2D eigenvalue weighted by molar-refractivity contribution is 7.89. The first-order valence-corrected chi connectivity index (χ1v) is 13.7. The van der Waals surface area contributed by atoms with Gasteiger partial charge >= 0.3 is 0 Å². The van der Waals surface area contributed by atoms with Crippen LogP contribution in [-0.2, 0) is 14.8 Å². The van der Waals surface area contributed by atoms with Crippen molar-refractivity contribution in [3.05, 3.63) is 35.9 Å². The van der Waals surface area contributed by atoms with E-state index in [4.69, 9.17) is 0 Å². The van der Waals surface area contributed by atoms with Crippen LogP contribution in [0.15, 0.2) is 35.2 Å². The molecule has 0 radical (unpaired) electrons. The number of likely N-dealkylation sites (tertiary alicyclic amines) is 1. The van der Waals surface area contributed by atoms with Crippen LogP contribution in [0, 0.1) is 5.92 Å². The number of carbonyl (C=O) groups excluding carboxylic acids is 1. The average Bonchev–Trinajstić information content (AvgIpc) is 3.09. The summed E-state index contributed by atoms with van der Waals surface area (Å²) in [5.41, 5.74) is 0.814. The monoisotopic (exact) mass is 461 g/mol. The van der Waals surface area contributed by atoms with Crippen LogP contribution in [0.4, 0.5) is 0 Å². The molecule has 2 aliphatic heterocycles. The molecule has 2 fully saturated rings. The first kappa shape index (κ1) is 24.9. The number of nitrogens with one attached hydrogen (secondary N) is 1. The van der Waals surface area contributed by atoms with Crippen LogP contribution in [0.2, 0.25) is 0 Å². The van der Waals surface area contributed by atoms with E-state index in [9.17, 15) is 13.2 Å². The molecule has 7 heteroatoms. The van der Waals surface area contributed by atoms with Gasteiger partial charge in [-0.15, -0.1) is 0 Å². The molecule has 1 aromatic carbocycles. The Labute approximate surface area is 194 Å². The molecule has 0 bridgehead atoms. The number of hydrogen-bond donors (Lipinski definition) is 1. The second-order valence-electron chi connectivity index (χ2n) is 9.24. The van der Waals surface area contributed by atoms with Crippen molar-refractivity contribution in [2.45, 2.75) is 63.2 Å². The summed E-state index contributed by atoms with van der Waals surface area (Å²) in [6.45, 7) is 7.73. The van der Waals surface area contributed by atoms with Crippen LogP contribution in [0.25, 0.3) is 6.08 Å². The summed E-state index contributed by atoms with van der Waals surface area (Å²) in [5.74, 6) is 0.746. The maximum Gasteiger partial charge on any atom is 0.243 e. The molecular formula is C25H39N3O3S. The standard InChI is InChI=1S/C25H39N3O3S/c1-22-14-20-27(21-15-22)17-7-4-16-26-25(29)13-10-23-8-11-24(12-9-23)32(30,31)28-18-5-2-3-6-19-28/h8-13,22H,2-7,14-21H2,1H3,(H,26,29)/b13-10+. The smallest absolute Gasteiger partial charge is 0.243 e. The Morgan fingerprint density at radius 1 is 1.00 bits per heavy atom.